The van der Waals surface area contributed by atoms with Crippen LogP contribution >= 0.6 is 0 Å². The maximum atomic E-state index is 11.1. The van der Waals surface area contributed by atoms with E-state index in [0.29, 0.717) is 18.1 Å². The van der Waals surface area contributed by atoms with Crippen LogP contribution in [-0.4, -0.2) is 24.5 Å². The van der Waals surface area contributed by atoms with Crippen LogP contribution in [0.15, 0.2) is 0 Å². The van der Waals surface area contributed by atoms with E-state index < -0.39 is 4.92 Å². The van der Waals surface area contributed by atoms with E-state index in [1.807, 2.05) is 20.9 Å². The van der Waals surface area contributed by atoms with Gasteiger partial charge in [-0.1, -0.05) is 0 Å². The first kappa shape index (κ1) is 14.0. The van der Waals surface area contributed by atoms with E-state index in [4.69, 9.17) is 0 Å². The van der Waals surface area contributed by atoms with Crippen molar-refractivity contribution < 1.29 is 4.92 Å². The number of nitro groups is 1. The third-order valence-corrected chi connectivity index (χ3v) is 3.46. The second-order valence-electron chi connectivity index (χ2n) is 4.79. The minimum atomic E-state index is -0.409. The van der Waals surface area contributed by atoms with E-state index in [0.717, 1.165) is 17.0 Å². The molecule has 20 heavy (non-hydrogen) atoms. The molecule has 8 heteroatoms. The zero-order chi connectivity index (χ0) is 15.0. The Morgan fingerprint density at radius 1 is 1.15 bits per heavy atom. The molecule has 1 N–H and O–H groups in total. The summed E-state index contributed by atoms with van der Waals surface area (Å²) >= 11 is 0. The van der Waals surface area contributed by atoms with Gasteiger partial charge in [-0.2, -0.15) is 10.2 Å². The summed E-state index contributed by atoms with van der Waals surface area (Å²) in [5, 5.41) is 22.6. The maximum Gasteiger partial charge on any atom is 0.333 e. The molecule has 0 aliphatic rings. The third kappa shape index (κ3) is 2.24. The van der Waals surface area contributed by atoms with E-state index >= 15 is 0 Å². The third-order valence-electron chi connectivity index (χ3n) is 3.46. The Labute approximate surface area is 116 Å². The molecule has 2 rings (SSSR count). The normalized spacial score (nSPS) is 10.8. The smallest absolute Gasteiger partial charge is 0.333 e. The van der Waals surface area contributed by atoms with E-state index in [-0.39, 0.29) is 5.69 Å². The largest absolute Gasteiger partial charge is 0.360 e. The highest BCUT2D eigenvalue weighted by Crippen LogP contribution is 2.28. The standard InChI is InChI=1S/C12H18N6O2/c1-7-10(9(3)16(4)14-7)6-13-12-11(18(19)20)8(2)15-17(12)5/h13H,6H2,1-5H3. The van der Waals surface area contributed by atoms with Gasteiger partial charge in [-0.3, -0.25) is 14.8 Å². The molecule has 0 saturated carbocycles. The van der Waals surface area contributed by atoms with Gasteiger partial charge in [-0.25, -0.2) is 4.68 Å². The molecule has 0 radical (unpaired) electrons. The van der Waals surface area contributed by atoms with Gasteiger partial charge >= 0.3 is 5.69 Å². The first-order valence-corrected chi connectivity index (χ1v) is 6.23. The van der Waals surface area contributed by atoms with Gasteiger partial charge in [0, 0.05) is 31.9 Å². The second-order valence-corrected chi connectivity index (χ2v) is 4.79. The van der Waals surface area contributed by atoms with Gasteiger partial charge < -0.3 is 5.32 Å². The molecule has 2 aromatic heterocycles. The lowest BCUT2D eigenvalue weighted by molar-refractivity contribution is -0.384. The van der Waals surface area contributed by atoms with E-state index in [9.17, 15) is 10.1 Å². The van der Waals surface area contributed by atoms with Crippen molar-refractivity contribution in [2.24, 2.45) is 14.1 Å². The number of hydrogen-bond donors (Lipinski definition) is 1. The SMILES string of the molecule is Cc1nn(C)c(C)c1CNc1c([N+](=O)[O-])c(C)nn1C. The topological polar surface area (TPSA) is 90.8 Å². The van der Waals surface area contributed by atoms with Crippen LogP contribution in [0.25, 0.3) is 0 Å². The van der Waals surface area contributed by atoms with Crippen molar-refractivity contribution in [3.63, 3.8) is 0 Å². The van der Waals surface area contributed by atoms with Crippen molar-refractivity contribution in [2.45, 2.75) is 27.3 Å². The molecule has 0 amide bonds. The number of anilines is 1. The van der Waals surface area contributed by atoms with Crippen LogP contribution in [-0.2, 0) is 20.6 Å². The molecule has 0 aliphatic carbocycles. The Bertz CT molecular complexity index is 670. The lowest BCUT2D eigenvalue weighted by atomic mass is 10.2. The lowest BCUT2D eigenvalue weighted by Gasteiger charge is -2.06. The van der Waals surface area contributed by atoms with Gasteiger partial charge in [0.15, 0.2) is 0 Å². The summed E-state index contributed by atoms with van der Waals surface area (Å²) < 4.78 is 3.30. The summed E-state index contributed by atoms with van der Waals surface area (Å²) in [6, 6.07) is 0. The minimum Gasteiger partial charge on any atom is -0.360 e. The highest BCUT2D eigenvalue weighted by molar-refractivity contribution is 5.59. The zero-order valence-corrected chi connectivity index (χ0v) is 12.3. The molecular formula is C12H18N6O2. The number of aromatic nitrogens is 4. The number of hydrogen-bond acceptors (Lipinski definition) is 5. The Morgan fingerprint density at radius 3 is 2.25 bits per heavy atom. The fourth-order valence-electron chi connectivity index (χ4n) is 2.31. The van der Waals surface area contributed by atoms with Gasteiger partial charge in [-0.05, 0) is 20.8 Å². The molecule has 2 heterocycles. The van der Waals surface area contributed by atoms with Crippen molar-refractivity contribution in [2.75, 3.05) is 5.32 Å². The first-order chi connectivity index (χ1) is 9.32. The van der Waals surface area contributed by atoms with Crippen molar-refractivity contribution >= 4 is 11.5 Å². The van der Waals surface area contributed by atoms with Gasteiger partial charge in [-0.15, -0.1) is 0 Å². The van der Waals surface area contributed by atoms with Gasteiger partial charge in [0.1, 0.15) is 5.69 Å². The zero-order valence-electron chi connectivity index (χ0n) is 12.3. The van der Waals surface area contributed by atoms with Crippen molar-refractivity contribution in [1.29, 1.82) is 0 Å². The summed E-state index contributed by atoms with van der Waals surface area (Å²) in [6.45, 7) is 6.00. The molecule has 2 aromatic rings. The van der Waals surface area contributed by atoms with Crippen molar-refractivity contribution in [1.82, 2.24) is 19.6 Å². The molecule has 0 atom stereocenters. The Balaban J connectivity index is 2.30. The summed E-state index contributed by atoms with van der Waals surface area (Å²) in [4.78, 5) is 10.7. The molecule has 0 unspecified atom stereocenters. The second kappa shape index (κ2) is 4.95. The Kier molecular flexibility index (Phi) is 3.47. The summed E-state index contributed by atoms with van der Waals surface area (Å²) in [5.74, 6) is 0.412. The van der Waals surface area contributed by atoms with Crippen LogP contribution in [0.2, 0.25) is 0 Å². The number of aryl methyl sites for hydroxylation is 4. The highest BCUT2D eigenvalue weighted by atomic mass is 16.6. The van der Waals surface area contributed by atoms with Crippen LogP contribution < -0.4 is 5.32 Å². The Hall–Kier alpha value is -2.38. The Morgan fingerprint density at radius 2 is 1.75 bits per heavy atom. The highest BCUT2D eigenvalue weighted by Gasteiger charge is 2.24. The molecule has 8 nitrogen and oxygen atoms in total. The number of nitrogens with one attached hydrogen (secondary N) is 1. The molecule has 0 fully saturated rings. The predicted molar refractivity (Wildman–Crippen MR) is 74.6 cm³/mol. The number of nitrogens with zero attached hydrogens (tertiary/aromatic N) is 5. The van der Waals surface area contributed by atoms with Crippen molar-refractivity contribution in [3.8, 4) is 0 Å². The van der Waals surface area contributed by atoms with E-state index in [2.05, 4.69) is 15.5 Å². The van der Waals surface area contributed by atoms with Crippen LogP contribution in [0.4, 0.5) is 11.5 Å². The molecule has 0 saturated heterocycles. The van der Waals surface area contributed by atoms with Crippen LogP contribution in [0, 0.1) is 30.9 Å². The van der Waals surface area contributed by atoms with E-state index in [1.54, 1.807) is 18.7 Å². The molecule has 108 valence electrons. The van der Waals surface area contributed by atoms with Gasteiger partial charge in [0.05, 0.1) is 10.6 Å². The van der Waals surface area contributed by atoms with Gasteiger partial charge in [0.2, 0.25) is 5.82 Å². The average Bonchev–Trinajstić information content (AvgIpc) is 2.75. The monoisotopic (exact) mass is 278 g/mol. The minimum absolute atomic E-state index is 0.0201. The molecule has 0 spiro atoms. The fourth-order valence-corrected chi connectivity index (χ4v) is 2.31. The van der Waals surface area contributed by atoms with Crippen LogP contribution in [0.3, 0.4) is 0 Å². The van der Waals surface area contributed by atoms with E-state index in [1.165, 1.54) is 4.68 Å². The van der Waals surface area contributed by atoms with Crippen molar-refractivity contribution in [3.05, 3.63) is 32.8 Å². The molecule has 0 aliphatic heterocycles. The van der Waals surface area contributed by atoms with Crippen LogP contribution in [0.1, 0.15) is 22.6 Å². The predicted octanol–water partition coefficient (Wildman–Crippen LogP) is 1.60. The van der Waals surface area contributed by atoms with Gasteiger partial charge in [0.25, 0.3) is 0 Å². The molecule has 0 bridgehead atoms. The maximum absolute atomic E-state index is 11.1. The quantitative estimate of drug-likeness (QED) is 0.677. The molecular weight excluding hydrogens is 260 g/mol. The lowest BCUT2D eigenvalue weighted by Crippen LogP contribution is -2.08. The van der Waals surface area contributed by atoms with Crippen LogP contribution in [0.5, 0.6) is 0 Å². The number of rotatable bonds is 4. The fraction of sp³-hybridized carbons (Fsp3) is 0.500. The summed E-state index contributed by atoms with van der Waals surface area (Å²) in [7, 11) is 3.56. The average molecular weight is 278 g/mol. The first-order valence-electron chi connectivity index (χ1n) is 6.23. The summed E-state index contributed by atoms with van der Waals surface area (Å²) in [5.41, 5.74) is 3.42. The molecule has 0 aromatic carbocycles. The summed E-state index contributed by atoms with van der Waals surface area (Å²) in [6.07, 6.45) is 0.